The molecule has 0 aliphatic carbocycles. The van der Waals surface area contributed by atoms with Crippen LogP contribution in [0.1, 0.15) is 24.0 Å². The number of pyridine rings is 2. The van der Waals surface area contributed by atoms with Gasteiger partial charge < -0.3 is 24.4 Å². The maximum Gasteiger partial charge on any atom is 0.213 e. The van der Waals surface area contributed by atoms with Crippen LogP contribution in [0, 0.1) is 5.82 Å². The van der Waals surface area contributed by atoms with E-state index in [0.717, 1.165) is 55.0 Å². The van der Waals surface area contributed by atoms with Gasteiger partial charge in [0.05, 0.1) is 28.8 Å². The van der Waals surface area contributed by atoms with Crippen molar-refractivity contribution < 1.29 is 18.6 Å². The van der Waals surface area contributed by atoms with Gasteiger partial charge in [-0.2, -0.15) is 0 Å². The van der Waals surface area contributed by atoms with Crippen LogP contribution >= 0.6 is 28.3 Å². The number of aromatic nitrogens is 2. The molecule has 0 spiro atoms. The molecule has 3 aromatic rings. The van der Waals surface area contributed by atoms with Gasteiger partial charge in [0, 0.05) is 30.8 Å². The smallest absolute Gasteiger partial charge is 0.213 e. The number of rotatable bonds is 7. The quantitative estimate of drug-likeness (QED) is 0.450. The van der Waals surface area contributed by atoms with Crippen LogP contribution in [-0.4, -0.2) is 60.9 Å². The van der Waals surface area contributed by atoms with Crippen molar-refractivity contribution in [2.75, 3.05) is 40.0 Å². The van der Waals surface area contributed by atoms with Crippen molar-refractivity contribution in [3.05, 3.63) is 51.9 Å². The number of methoxy groups -OCH3 is 1. The molecule has 0 unspecified atom stereocenters. The summed E-state index contributed by atoms with van der Waals surface area (Å²) < 4.78 is 32.1. The number of fused-ring (bicyclic) bond motifs is 2. The molecule has 35 heavy (non-hydrogen) atoms. The molecule has 5 rings (SSSR count). The van der Waals surface area contributed by atoms with Crippen LogP contribution in [0.4, 0.5) is 4.39 Å². The molecule has 1 saturated heterocycles. The Morgan fingerprint density at radius 1 is 1.20 bits per heavy atom. The summed E-state index contributed by atoms with van der Waals surface area (Å²) in [5.41, 5.74) is 3.04. The van der Waals surface area contributed by atoms with Crippen LogP contribution in [0.2, 0.25) is 0 Å². The highest BCUT2D eigenvalue weighted by molar-refractivity contribution is 9.10. The lowest BCUT2D eigenvalue weighted by Crippen LogP contribution is -2.42. The van der Waals surface area contributed by atoms with Crippen LogP contribution < -0.4 is 19.5 Å². The first-order valence-corrected chi connectivity index (χ1v) is 12.4. The predicted octanol–water partition coefficient (Wildman–Crippen LogP) is 4.53. The van der Waals surface area contributed by atoms with Gasteiger partial charge >= 0.3 is 0 Å². The summed E-state index contributed by atoms with van der Waals surface area (Å²) >= 11 is 3.59. The van der Waals surface area contributed by atoms with Crippen LogP contribution in [0.15, 0.2) is 34.9 Å². The molecule has 7 nitrogen and oxygen atoms in total. The van der Waals surface area contributed by atoms with Crippen LogP contribution in [-0.2, 0) is 13.0 Å². The molecule has 1 N–H and O–H groups in total. The van der Waals surface area contributed by atoms with Gasteiger partial charge in [0.15, 0.2) is 11.5 Å². The molecule has 4 heterocycles. The highest BCUT2D eigenvalue weighted by Gasteiger charge is 2.21. The van der Waals surface area contributed by atoms with Crippen molar-refractivity contribution in [3.8, 4) is 17.4 Å². The minimum atomic E-state index is -0.310. The third kappa shape index (κ3) is 5.97. The summed E-state index contributed by atoms with van der Waals surface area (Å²) in [7, 11) is 1.56. The van der Waals surface area contributed by atoms with Crippen molar-refractivity contribution in [1.29, 1.82) is 0 Å². The minimum absolute atomic E-state index is 0. The molecule has 10 heteroatoms. The van der Waals surface area contributed by atoms with Gasteiger partial charge in [-0.15, -0.1) is 12.4 Å². The summed E-state index contributed by atoms with van der Waals surface area (Å²) in [4.78, 5) is 11.0. The molecule has 0 amide bonds. The molecular formula is C25H29BrClFN4O3. The van der Waals surface area contributed by atoms with Gasteiger partial charge in [0.1, 0.15) is 19.0 Å². The molecule has 0 saturated carbocycles. The van der Waals surface area contributed by atoms with E-state index in [1.165, 1.54) is 11.8 Å². The number of hydrogen-bond donors (Lipinski definition) is 1. The molecule has 1 fully saturated rings. The van der Waals surface area contributed by atoms with E-state index >= 15 is 0 Å². The van der Waals surface area contributed by atoms with Crippen molar-refractivity contribution in [3.63, 3.8) is 0 Å². The van der Waals surface area contributed by atoms with E-state index in [0.29, 0.717) is 48.2 Å². The maximum atomic E-state index is 14.6. The van der Waals surface area contributed by atoms with E-state index in [1.54, 1.807) is 13.2 Å². The molecular weight excluding hydrogens is 539 g/mol. The monoisotopic (exact) mass is 566 g/mol. The van der Waals surface area contributed by atoms with E-state index in [-0.39, 0.29) is 18.2 Å². The Kier molecular flexibility index (Phi) is 8.64. The van der Waals surface area contributed by atoms with Crippen LogP contribution in [0.5, 0.6) is 17.4 Å². The number of nitrogens with zero attached hydrogens (tertiary/aromatic N) is 3. The van der Waals surface area contributed by atoms with Gasteiger partial charge in [0.2, 0.25) is 5.88 Å². The highest BCUT2D eigenvalue weighted by atomic mass is 79.9. The second kappa shape index (κ2) is 11.7. The fraction of sp³-hybridized carbons (Fsp3) is 0.440. The van der Waals surface area contributed by atoms with Gasteiger partial charge in [-0.1, -0.05) is 0 Å². The van der Waals surface area contributed by atoms with Crippen LogP contribution in [0.25, 0.3) is 11.0 Å². The summed E-state index contributed by atoms with van der Waals surface area (Å²) in [5.74, 6) is 1.75. The van der Waals surface area contributed by atoms with E-state index in [9.17, 15) is 4.39 Å². The zero-order valence-electron chi connectivity index (χ0n) is 19.6. The summed E-state index contributed by atoms with van der Waals surface area (Å²) in [6.07, 6.45) is 3.99. The predicted molar refractivity (Wildman–Crippen MR) is 138 cm³/mol. The van der Waals surface area contributed by atoms with E-state index < -0.39 is 0 Å². The largest absolute Gasteiger partial charge is 0.486 e. The first kappa shape index (κ1) is 25.9. The normalized spacial score (nSPS) is 16.2. The van der Waals surface area contributed by atoms with Gasteiger partial charge in [0.25, 0.3) is 0 Å². The lowest BCUT2D eigenvalue weighted by Gasteiger charge is -2.32. The highest BCUT2D eigenvalue weighted by Crippen LogP contribution is 2.38. The molecule has 0 radical (unpaired) electrons. The topological polar surface area (TPSA) is 68.7 Å². The molecule has 0 bridgehead atoms. The molecule has 188 valence electrons. The van der Waals surface area contributed by atoms with E-state index in [4.69, 9.17) is 14.2 Å². The Bertz CT molecular complexity index is 1180. The van der Waals surface area contributed by atoms with Crippen molar-refractivity contribution in [1.82, 2.24) is 20.2 Å². The second-order valence-electron chi connectivity index (χ2n) is 8.65. The zero-order chi connectivity index (χ0) is 23.5. The van der Waals surface area contributed by atoms with Crippen LogP contribution in [0.3, 0.4) is 0 Å². The molecule has 2 aromatic heterocycles. The number of ether oxygens (including phenoxy) is 3. The Balaban J connectivity index is 0.00000289. The lowest BCUT2D eigenvalue weighted by atomic mass is 10.0. The number of benzene rings is 1. The van der Waals surface area contributed by atoms with Crippen molar-refractivity contribution >= 4 is 39.4 Å². The Hall–Kier alpha value is -2.20. The van der Waals surface area contributed by atoms with Gasteiger partial charge in [-0.25, -0.2) is 9.37 Å². The number of piperidine rings is 1. The first-order chi connectivity index (χ1) is 16.6. The SMILES string of the molecule is COc1ccc2ncc(F)c(CCN3CCC(NCc4cc(Br)c5c(c4)OCCO5)CC3)c2n1.Cl. The third-order valence-electron chi connectivity index (χ3n) is 6.47. The summed E-state index contributed by atoms with van der Waals surface area (Å²) in [6.45, 7) is 4.68. The molecule has 2 aliphatic heterocycles. The Labute approximate surface area is 218 Å². The lowest BCUT2D eigenvalue weighted by molar-refractivity contribution is 0.170. The maximum absolute atomic E-state index is 14.6. The van der Waals surface area contributed by atoms with E-state index in [1.807, 2.05) is 6.07 Å². The standard InChI is InChI=1S/C25H28BrFN4O3.ClH/c1-32-23-3-2-21-24(30-23)18(20(27)15-29-21)6-9-31-7-4-17(5-8-31)28-14-16-12-19(26)25-22(13-16)33-10-11-34-25;/h2-3,12-13,15,17,28H,4-11,14H2,1H3;1H. The second-order valence-corrected chi connectivity index (χ2v) is 9.51. The summed E-state index contributed by atoms with van der Waals surface area (Å²) in [6, 6.07) is 8.16. The number of hydrogen-bond acceptors (Lipinski definition) is 7. The van der Waals surface area contributed by atoms with Gasteiger partial charge in [-0.3, -0.25) is 4.98 Å². The number of nitrogens with one attached hydrogen (secondary N) is 1. The van der Waals surface area contributed by atoms with Crippen molar-refractivity contribution in [2.24, 2.45) is 0 Å². The average molecular weight is 568 g/mol. The number of likely N-dealkylation sites (tertiary alicyclic amines) is 1. The summed E-state index contributed by atoms with van der Waals surface area (Å²) in [5, 5.41) is 3.68. The first-order valence-electron chi connectivity index (χ1n) is 11.6. The van der Waals surface area contributed by atoms with Gasteiger partial charge in [-0.05, 0) is 72.0 Å². The fourth-order valence-electron chi connectivity index (χ4n) is 4.59. The zero-order valence-corrected chi connectivity index (χ0v) is 22.0. The number of halogens is 3. The Morgan fingerprint density at radius 3 is 2.80 bits per heavy atom. The minimum Gasteiger partial charge on any atom is -0.486 e. The van der Waals surface area contributed by atoms with Crippen molar-refractivity contribution in [2.45, 2.75) is 31.8 Å². The Morgan fingerprint density at radius 2 is 2.00 bits per heavy atom. The molecule has 1 aromatic carbocycles. The average Bonchev–Trinajstić information content (AvgIpc) is 2.87. The third-order valence-corrected chi connectivity index (χ3v) is 7.05. The molecule has 2 aliphatic rings. The van der Waals surface area contributed by atoms with E-state index in [2.05, 4.69) is 48.2 Å². The molecule has 0 atom stereocenters. The fourth-order valence-corrected chi connectivity index (χ4v) is 5.19.